The van der Waals surface area contributed by atoms with Crippen LogP contribution in [0.3, 0.4) is 0 Å². The number of hydrogen-bond acceptors (Lipinski definition) is 5. The van der Waals surface area contributed by atoms with Crippen molar-refractivity contribution >= 4 is 27.3 Å². The van der Waals surface area contributed by atoms with Crippen LogP contribution in [0.25, 0.3) is 0 Å². The zero-order valence-electron chi connectivity index (χ0n) is 15.2. The van der Waals surface area contributed by atoms with Crippen LogP contribution in [-0.2, 0) is 10.0 Å². The molecule has 0 fully saturated rings. The quantitative estimate of drug-likeness (QED) is 0.586. The van der Waals surface area contributed by atoms with Crippen molar-refractivity contribution in [1.29, 1.82) is 0 Å². The highest BCUT2D eigenvalue weighted by atomic mass is 35.5. The van der Waals surface area contributed by atoms with Crippen molar-refractivity contribution in [3.63, 3.8) is 0 Å². The number of nitrogens with one attached hydrogen (secondary N) is 1. The number of halogens is 1. The van der Waals surface area contributed by atoms with Crippen LogP contribution < -0.4 is 18.9 Å². The van der Waals surface area contributed by atoms with Gasteiger partial charge < -0.3 is 14.2 Å². The Bertz CT molecular complexity index is 1050. The third kappa shape index (κ3) is 4.68. The normalized spacial score (nSPS) is 11.0. The highest BCUT2D eigenvalue weighted by Crippen LogP contribution is 2.30. The molecule has 0 aromatic heterocycles. The molecule has 0 saturated carbocycles. The van der Waals surface area contributed by atoms with Crippen molar-refractivity contribution in [2.45, 2.75) is 4.90 Å². The van der Waals surface area contributed by atoms with Crippen LogP contribution >= 0.6 is 11.6 Å². The molecule has 0 aliphatic carbocycles. The molecule has 0 spiro atoms. The van der Waals surface area contributed by atoms with Crippen LogP contribution in [-0.4, -0.2) is 22.6 Å². The van der Waals surface area contributed by atoms with E-state index in [0.717, 1.165) is 0 Å². The van der Waals surface area contributed by atoms with Crippen molar-refractivity contribution in [2.24, 2.45) is 0 Å². The minimum absolute atomic E-state index is 0.0617. The van der Waals surface area contributed by atoms with E-state index in [1.165, 1.54) is 32.4 Å². The molecular formula is C20H18ClNO5S. The number of benzene rings is 3. The summed E-state index contributed by atoms with van der Waals surface area (Å²) in [5.41, 5.74) is 0.401. The second-order valence-corrected chi connectivity index (χ2v) is 7.82. The third-order valence-electron chi connectivity index (χ3n) is 3.82. The van der Waals surface area contributed by atoms with E-state index in [9.17, 15) is 8.42 Å². The molecule has 0 bridgehead atoms. The first-order valence-electron chi connectivity index (χ1n) is 8.19. The predicted octanol–water partition coefficient (Wildman–Crippen LogP) is 4.95. The van der Waals surface area contributed by atoms with Gasteiger partial charge in [0.1, 0.15) is 11.5 Å². The molecule has 0 heterocycles. The monoisotopic (exact) mass is 419 g/mol. The molecule has 0 aliphatic heterocycles. The Hall–Kier alpha value is -2.90. The molecule has 3 aromatic rings. The minimum Gasteiger partial charge on any atom is -0.493 e. The number of methoxy groups -OCH3 is 2. The molecule has 6 nitrogen and oxygen atoms in total. The highest BCUT2D eigenvalue weighted by Gasteiger charge is 2.17. The molecule has 146 valence electrons. The van der Waals surface area contributed by atoms with Crippen LogP contribution in [0.5, 0.6) is 23.0 Å². The Kier molecular flexibility index (Phi) is 5.96. The third-order valence-corrected chi connectivity index (χ3v) is 5.45. The fraction of sp³-hybridized carbons (Fsp3) is 0.100. The molecule has 1 N–H and O–H groups in total. The Morgan fingerprint density at radius 1 is 0.786 bits per heavy atom. The van der Waals surface area contributed by atoms with Gasteiger partial charge >= 0.3 is 0 Å². The van der Waals surface area contributed by atoms with E-state index >= 15 is 0 Å². The van der Waals surface area contributed by atoms with Gasteiger partial charge in [-0.15, -0.1) is 0 Å². The Labute approximate surface area is 168 Å². The highest BCUT2D eigenvalue weighted by molar-refractivity contribution is 7.92. The fourth-order valence-electron chi connectivity index (χ4n) is 2.43. The Morgan fingerprint density at radius 2 is 1.36 bits per heavy atom. The van der Waals surface area contributed by atoms with Gasteiger partial charge in [0.25, 0.3) is 10.0 Å². The maximum Gasteiger partial charge on any atom is 0.262 e. The largest absolute Gasteiger partial charge is 0.493 e. The van der Waals surface area contributed by atoms with Gasteiger partial charge in [-0.2, -0.15) is 0 Å². The van der Waals surface area contributed by atoms with E-state index in [2.05, 4.69) is 4.72 Å². The van der Waals surface area contributed by atoms with Gasteiger partial charge in [0, 0.05) is 16.8 Å². The van der Waals surface area contributed by atoms with E-state index < -0.39 is 10.0 Å². The topological polar surface area (TPSA) is 73.9 Å². The van der Waals surface area contributed by atoms with Crippen molar-refractivity contribution in [1.82, 2.24) is 0 Å². The van der Waals surface area contributed by atoms with E-state index in [4.69, 9.17) is 25.8 Å². The van der Waals surface area contributed by atoms with Crippen molar-refractivity contribution in [2.75, 3.05) is 18.9 Å². The summed E-state index contributed by atoms with van der Waals surface area (Å²) >= 11 is 5.85. The predicted molar refractivity (Wildman–Crippen MR) is 108 cm³/mol. The lowest BCUT2D eigenvalue weighted by molar-refractivity contribution is 0.354. The number of ether oxygens (including phenoxy) is 3. The summed E-state index contributed by atoms with van der Waals surface area (Å²) in [4.78, 5) is 0.0617. The van der Waals surface area contributed by atoms with Crippen LogP contribution in [0.1, 0.15) is 0 Å². The molecule has 3 aromatic carbocycles. The van der Waals surface area contributed by atoms with Gasteiger partial charge in [0.15, 0.2) is 11.5 Å². The molecule has 28 heavy (non-hydrogen) atoms. The smallest absolute Gasteiger partial charge is 0.262 e. The van der Waals surface area contributed by atoms with E-state index in [-0.39, 0.29) is 4.90 Å². The van der Waals surface area contributed by atoms with Crippen molar-refractivity contribution in [3.05, 3.63) is 71.8 Å². The second kappa shape index (κ2) is 8.41. The molecule has 0 amide bonds. The van der Waals surface area contributed by atoms with Crippen LogP contribution in [0.15, 0.2) is 71.6 Å². The van der Waals surface area contributed by atoms with Gasteiger partial charge in [0.2, 0.25) is 0 Å². The van der Waals surface area contributed by atoms with E-state index in [1.54, 1.807) is 48.5 Å². The lowest BCUT2D eigenvalue weighted by atomic mass is 10.3. The average Bonchev–Trinajstić information content (AvgIpc) is 2.70. The molecule has 0 unspecified atom stereocenters. The Balaban J connectivity index is 1.74. The molecule has 0 atom stereocenters. The molecular weight excluding hydrogens is 402 g/mol. The lowest BCUT2D eigenvalue weighted by Gasteiger charge is -2.12. The lowest BCUT2D eigenvalue weighted by Crippen LogP contribution is -2.13. The zero-order chi connectivity index (χ0) is 20.1. The van der Waals surface area contributed by atoms with Gasteiger partial charge in [-0.3, -0.25) is 4.72 Å². The van der Waals surface area contributed by atoms with Crippen LogP contribution in [0.4, 0.5) is 5.69 Å². The molecule has 8 heteroatoms. The van der Waals surface area contributed by atoms with E-state index in [1.807, 2.05) is 0 Å². The summed E-state index contributed by atoms with van der Waals surface area (Å²) in [5, 5.41) is 0.618. The number of rotatable bonds is 7. The Morgan fingerprint density at radius 3 is 1.93 bits per heavy atom. The maximum absolute atomic E-state index is 12.6. The summed E-state index contributed by atoms with van der Waals surface area (Å²) in [6.45, 7) is 0. The molecule has 0 saturated heterocycles. The molecule has 0 radical (unpaired) electrons. The second-order valence-electron chi connectivity index (χ2n) is 5.70. The van der Waals surface area contributed by atoms with Gasteiger partial charge in [-0.05, 0) is 60.7 Å². The summed E-state index contributed by atoms with van der Waals surface area (Å²) < 4.78 is 43.8. The summed E-state index contributed by atoms with van der Waals surface area (Å²) in [7, 11) is -0.859. The van der Waals surface area contributed by atoms with Gasteiger partial charge in [-0.25, -0.2) is 8.42 Å². The van der Waals surface area contributed by atoms with Crippen molar-refractivity contribution < 1.29 is 22.6 Å². The number of anilines is 1. The van der Waals surface area contributed by atoms with E-state index in [0.29, 0.717) is 33.7 Å². The van der Waals surface area contributed by atoms with Gasteiger partial charge in [0.05, 0.1) is 19.1 Å². The summed E-state index contributed by atoms with van der Waals surface area (Å²) in [6.07, 6.45) is 0. The zero-order valence-corrected chi connectivity index (χ0v) is 16.8. The minimum atomic E-state index is -3.79. The molecule has 0 aliphatic rings. The van der Waals surface area contributed by atoms with Crippen LogP contribution in [0.2, 0.25) is 5.02 Å². The first-order valence-corrected chi connectivity index (χ1v) is 10.1. The first-order chi connectivity index (χ1) is 13.4. The number of sulfonamides is 1. The van der Waals surface area contributed by atoms with Gasteiger partial charge in [-0.1, -0.05) is 11.6 Å². The van der Waals surface area contributed by atoms with Crippen molar-refractivity contribution in [3.8, 4) is 23.0 Å². The molecule has 3 rings (SSSR count). The average molecular weight is 420 g/mol. The standard InChI is InChI=1S/C20H18ClNO5S/c1-25-19-12-11-18(13-20(19)26-2)28(23,24)22-15-5-9-17(10-6-15)27-16-7-3-14(21)4-8-16/h3-13,22H,1-2H3. The summed E-state index contributed by atoms with van der Waals surface area (Å²) in [5.74, 6) is 1.97. The fourth-order valence-corrected chi connectivity index (χ4v) is 3.63. The SMILES string of the molecule is COc1ccc(S(=O)(=O)Nc2ccc(Oc3ccc(Cl)cc3)cc2)cc1OC. The number of hydrogen-bond donors (Lipinski definition) is 1. The maximum atomic E-state index is 12.6. The summed E-state index contributed by atoms with van der Waals surface area (Å²) in [6, 6.07) is 17.9. The first kappa shape index (κ1) is 19.9. The van der Waals surface area contributed by atoms with Crippen LogP contribution in [0, 0.1) is 0 Å².